The average molecular weight is 338 g/mol. The summed E-state index contributed by atoms with van der Waals surface area (Å²) in [5.41, 5.74) is 1.72. The summed E-state index contributed by atoms with van der Waals surface area (Å²) in [6.45, 7) is 0. The maximum Gasteiger partial charge on any atom is 0.313 e. The fourth-order valence-corrected chi connectivity index (χ4v) is 2.80. The second kappa shape index (κ2) is 7.83. The summed E-state index contributed by atoms with van der Waals surface area (Å²) < 4.78 is 5.07. The first-order valence-corrected chi connectivity index (χ1v) is 8.45. The van der Waals surface area contributed by atoms with Crippen LogP contribution in [0.15, 0.2) is 54.6 Å². The van der Waals surface area contributed by atoms with Crippen molar-refractivity contribution in [2.75, 3.05) is 12.4 Å². The van der Waals surface area contributed by atoms with Crippen molar-refractivity contribution in [3.05, 3.63) is 60.2 Å². The molecule has 2 aromatic carbocycles. The summed E-state index contributed by atoms with van der Waals surface area (Å²) >= 11 is 0. The maximum absolute atomic E-state index is 12.3. The largest absolute Gasteiger partial charge is 0.497 e. The maximum atomic E-state index is 12.3. The molecule has 0 heterocycles. The van der Waals surface area contributed by atoms with Crippen LogP contribution in [0.1, 0.15) is 18.4 Å². The van der Waals surface area contributed by atoms with E-state index in [0.29, 0.717) is 17.4 Å². The molecule has 2 N–H and O–H groups in total. The highest BCUT2D eigenvalue weighted by molar-refractivity contribution is 6.39. The second-order valence-electron chi connectivity index (χ2n) is 6.29. The highest BCUT2D eigenvalue weighted by Crippen LogP contribution is 2.34. The van der Waals surface area contributed by atoms with Crippen LogP contribution in [0.25, 0.3) is 0 Å². The molecule has 0 saturated heterocycles. The number of anilines is 1. The number of amides is 2. The molecule has 5 nitrogen and oxygen atoms in total. The second-order valence-corrected chi connectivity index (χ2v) is 6.29. The van der Waals surface area contributed by atoms with E-state index in [2.05, 4.69) is 10.6 Å². The number of carbonyl (C=O) groups excluding carboxylic acids is 2. The topological polar surface area (TPSA) is 67.4 Å². The van der Waals surface area contributed by atoms with Crippen LogP contribution in [0, 0.1) is 5.92 Å². The van der Waals surface area contributed by atoms with Crippen molar-refractivity contribution < 1.29 is 14.3 Å². The third-order valence-electron chi connectivity index (χ3n) is 4.36. The van der Waals surface area contributed by atoms with Crippen LogP contribution in [0.3, 0.4) is 0 Å². The van der Waals surface area contributed by atoms with E-state index in [1.54, 1.807) is 31.4 Å². The van der Waals surface area contributed by atoms with Crippen LogP contribution in [0.2, 0.25) is 0 Å². The Hall–Kier alpha value is -2.82. The highest BCUT2D eigenvalue weighted by atomic mass is 16.5. The minimum Gasteiger partial charge on any atom is -0.497 e. The van der Waals surface area contributed by atoms with Gasteiger partial charge in [0.15, 0.2) is 0 Å². The molecule has 1 saturated carbocycles. The Labute approximate surface area is 147 Å². The first-order chi connectivity index (χ1) is 12.2. The van der Waals surface area contributed by atoms with Crippen molar-refractivity contribution in [1.29, 1.82) is 0 Å². The summed E-state index contributed by atoms with van der Waals surface area (Å²) in [5.74, 6) is -0.0930. The zero-order valence-corrected chi connectivity index (χ0v) is 14.2. The minimum atomic E-state index is -0.649. The zero-order valence-electron chi connectivity index (χ0n) is 14.2. The number of nitrogens with one attached hydrogen (secondary N) is 2. The monoisotopic (exact) mass is 338 g/mol. The molecule has 1 aliphatic rings. The molecule has 0 unspecified atom stereocenters. The van der Waals surface area contributed by atoms with E-state index >= 15 is 0 Å². The van der Waals surface area contributed by atoms with Gasteiger partial charge < -0.3 is 15.4 Å². The van der Waals surface area contributed by atoms with Crippen LogP contribution in [0.4, 0.5) is 5.69 Å². The van der Waals surface area contributed by atoms with E-state index < -0.39 is 11.8 Å². The molecule has 5 heteroatoms. The predicted molar refractivity (Wildman–Crippen MR) is 96.4 cm³/mol. The van der Waals surface area contributed by atoms with E-state index in [1.165, 1.54) is 0 Å². The van der Waals surface area contributed by atoms with E-state index in [4.69, 9.17) is 4.74 Å². The molecule has 130 valence electrons. The van der Waals surface area contributed by atoms with Crippen molar-refractivity contribution in [3.63, 3.8) is 0 Å². The Kier molecular flexibility index (Phi) is 5.33. The number of carbonyl (C=O) groups is 2. The van der Waals surface area contributed by atoms with Crippen LogP contribution in [-0.2, 0) is 16.0 Å². The summed E-state index contributed by atoms with van der Waals surface area (Å²) in [5, 5.41) is 5.51. The molecule has 25 heavy (non-hydrogen) atoms. The lowest BCUT2D eigenvalue weighted by Crippen LogP contribution is -2.44. The van der Waals surface area contributed by atoms with E-state index in [0.717, 1.165) is 24.8 Å². The van der Waals surface area contributed by atoms with Gasteiger partial charge in [-0.25, -0.2) is 0 Å². The Morgan fingerprint density at radius 3 is 2.32 bits per heavy atom. The zero-order chi connectivity index (χ0) is 17.6. The molecule has 0 aromatic heterocycles. The lowest BCUT2D eigenvalue weighted by Gasteiger charge is -2.18. The summed E-state index contributed by atoms with van der Waals surface area (Å²) in [4.78, 5) is 24.4. The molecule has 1 atom stereocenters. The molecule has 3 rings (SSSR count). The van der Waals surface area contributed by atoms with Crippen LogP contribution >= 0.6 is 0 Å². The third kappa shape index (κ3) is 4.83. The van der Waals surface area contributed by atoms with Gasteiger partial charge >= 0.3 is 11.8 Å². The van der Waals surface area contributed by atoms with Crippen molar-refractivity contribution >= 4 is 17.5 Å². The molecular formula is C20H22N2O3. The van der Waals surface area contributed by atoms with Gasteiger partial charge in [-0.3, -0.25) is 9.59 Å². The minimum absolute atomic E-state index is 0.00322. The quantitative estimate of drug-likeness (QED) is 0.796. The third-order valence-corrected chi connectivity index (χ3v) is 4.36. The lowest BCUT2D eigenvalue weighted by atomic mass is 10.0. The Morgan fingerprint density at radius 2 is 1.72 bits per heavy atom. The molecule has 0 spiro atoms. The molecule has 0 bridgehead atoms. The molecule has 2 aromatic rings. The molecule has 2 amide bonds. The predicted octanol–water partition coefficient (Wildman–Crippen LogP) is 2.77. The summed E-state index contributed by atoms with van der Waals surface area (Å²) in [6, 6.07) is 16.9. The van der Waals surface area contributed by atoms with Gasteiger partial charge in [-0.05, 0) is 55.0 Å². The van der Waals surface area contributed by atoms with Gasteiger partial charge in [0.25, 0.3) is 0 Å². The number of hydrogen-bond donors (Lipinski definition) is 2. The van der Waals surface area contributed by atoms with Gasteiger partial charge in [0, 0.05) is 11.7 Å². The molecule has 0 radical (unpaired) electrons. The lowest BCUT2D eigenvalue weighted by molar-refractivity contribution is -0.136. The van der Waals surface area contributed by atoms with Gasteiger partial charge in [0.05, 0.1) is 7.11 Å². The SMILES string of the molecule is COc1ccc(NC(=O)C(=O)N[C@H](Cc2ccccc2)C2CC2)cc1. The molecule has 0 aliphatic heterocycles. The van der Waals surface area contributed by atoms with Gasteiger partial charge in [-0.2, -0.15) is 0 Å². The van der Waals surface area contributed by atoms with Gasteiger partial charge in [0.2, 0.25) is 0 Å². The smallest absolute Gasteiger partial charge is 0.313 e. The Balaban J connectivity index is 1.57. The first-order valence-electron chi connectivity index (χ1n) is 8.45. The number of hydrogen-bond acceptors (Lipinski definition) is 3. The Morgan fingerprint density at radius 1 is 1.04 bits per heavy atom. The molecular weight excluding hydrogens is 316 g/mol. The summed E-state index contributed by atoms with van der Waals surface area (Å²) in [7, 11) is 1.58. The van der Waals surface area contributed by atoms with Crippen molar-refractivity contribution in [1.82, 2.24) is 5.32 Å². The Bertz CT molecular complexity index is 724. The first kappa shape index (κ1) is 17.0. The van der Waals surface area contributed by atoms with Crippen molar-refractivity contribution in [2.24, 2.45) is 5.92 Å². The van der Waals surface area contributed by atoms with Gasteiger partial charge in [0.1, 0.15) is 5.75 Å². The van der Waals surface area contributed by atoms with E-state index in [1.807, 2.05) is 30.3 Å². The summed E-state index contributed by atoms with van der Waals surface area (Å²) in [6.07, 6.45) is 2.93. The van der Waals surface area contributed by atoms with E-state index in [9.17, 15) is 9.59 Å². The van der Waals surface area contributed by atoms with Crippen molar-refractivity contribution in [3.8, 4) is 5.75 Å². The van der Waals surface area contributed by atoms with Crippen LogP contribution in [-0.4, -0.2) is 25.0 Å². The average Bonchev–Trinajstić information content (AvgIpc) is 3.48. The molecule has 1 aliphatic carbocycles. The van der Waals surface area contributed by atoms with Crippen molar-refractivity contribution in [2.45, 2.75) is 25.3 Å². The van der Waals surface area contributed by atoms with Crippen LogP contribution in [0.5, 0.6) is 5.75 Å². The fraction of sp³-hybridized carbons (Fsp3) is 0.300. The van der Waals surface area contributed by atoms with Gasteiger partial charge in [-0.1, -0.05) is 30.3 Å². The van der Waals surface area contributed by atoms with Crippen LogP contribution < -0.4 is 15.4 Å². The molecule has 1 fully saturated rings. The highest BCUT2D eigenvalue weighted by Gasteiger charge is 2.33. The fourth-order valence-electron chi connectivity index (χ4n) is 2.80. The number of benzene rings is 2. The normalized spacial score (nSPS) is 14.4. The number of rotatable bonds is 6. The standard InChI is InChI=1S/C20H22N2O3/c1-25-17-11-9-16(10-12-17)21-19(23)20(24)22-18(15-7-8-15)13-14-5-3-2-4-6-14/h2-6,9-12,15,18H,7-8,13H2,1H3,(H,21,23)(H,22,24)/t18-/m1/s1. The number of methoxy groups -OCH3 is 1. The van der Waals surface area contributed by atoms with E-state index in [-0.39, 0.29) is 6.04 Å². The number of ether oxygens (including phenoxy) is 1. The van der Waals surface area contributed by atoms with Gasteiger partial charge in [-0.15, -0.1) is 0 Å².